The van der Waals surface area contributed by atoms with Gasteiger partial charge in [-0.15, -0.1) is 11.6 Å². The summed E-state index contributed by atoms with van der Waals surface area (Å²) >= 11 is 12.5. The normalized spacial score (nSPS) is 24.8. The van der Waals surface area contributed by atoms with Gasteiger partial charge in [0.2, 0.25) is 0 Å². The fraction of sp³-hybridized carbons (Fsp3) is 0.562. The number of rotatable bonds is 3. The van der Waals surface area contributed by atoms with Gasteiger partial charge >= 0.3 is 0 Å². The summed E-state index contributed by atoms with van der Waals surface area (Å²) in [5, 5.41) is 0.637. The van der Waals surface area contributed by atoms with Gasteiger partial charge in [0.1, 0.15) is 5.82 Å². The highest BCUT2D eigenvalue weighted by Gasteiger charge is 2.36. The van der Waals surface area contributed by atoms with Crippen LogP contribution in [0.3, 0.4) is 0 Å². The maximum Gasteiger partial charge on any atom is 0.128 e. The first-order chi connectivity index (χ1) is 10.1. The summed E-state index contributed by atoms with van der Waals surface area (Å²) in [4.78, 5) is 7.35. The molecule has 2 unspecified atom stereocenters. The lowest BCUT2D eigenvalue weighted by atomic mass is 10.2. The number of imidazole rings is 1. The van der Waals surface area contributed by atoms with E-state index in [4.69, 9.17) is 28.2 Å². The molecule has 0 bridgehead atoms. The predicted molar refractivity (Wildman–Crippen MR) is 87.3 cm³/mol. The van der Waals surface area contributed by atoms with Gasteiger partial charge in [-0.1, -0.05) is 11.6 Å². The first-order valence-electron chi connectivity index (χ1n) is 7.69. The van der Waals surface area contributed by atoms with Crippen molar-refractivity contribution in [3.63, 3.8) is 0 Å². The van der Waals surface area contributed by atoms with E-state index in [1.54, 1.807) is 0 Å². The first-order valence-corrected chi connectivity index (χ1v) is 8.50. The van der Waals surface area contributed by atoms with Crippen LogP contribution in [0.25, 0.3) is 11.0 Å². The molecule has 1 saturated heterocycles. The van der Waals surface area contributed by atoms with Crippen LogP contribution in [0.4, 0.5) is 0 Å². The van der Waals surface area contributed by atoms with Gasteiger partial charge in [-0.05, 0) is 44.4 Å². The van der Waals surface area contributed by atoms with Gasteiger partial charge in [0.25, 0.3) is 0 Å². The average Bonchev–Trinajstić information content (AvgIpc) is 3.06. The fourth-order valence-electron chi connectivity index (χ4n) is 3.51. The van der Waals surface area contributed by atoms with Crippen LogP contribution in [-0.4, -0.2) is 33.6 Å². The lowest BCUT2D eigenvalue weighted by Gasteiger charge is -2.19. The largest absolute Gasteiger partial charge is 0.322 e. The molecule has 2 aliphatic rings. The zero-order valence-electron chi connectivity index (χ0n) is 12.1. The van der Waals surface area contributed by atoms with Crippen molar-refractivity contribution in [1.29, 1.82) is 0 Å². The zero-order chi connectivity index (χ0) is 14.6. The van der Waals surface area contributed by atoms with E-state index >= 15 is 0 Å². The Morgan fingerprint density at radius 2 is 2.05 bits per heavy atom. The van der Waals surface area contributed by atoms with Gasteiger partial charge in [-0.25, -0.2) is 4.98 Å². The number of aromatic nitrogens is 2. The van der Waals surface area contributed by atoms with Crippen molar-refractivity contribution in [3.8, 4) is 0 Å². The molecule has 1 aliphatic carbocycles. The molecular weight excluding hydrogens is 305 g/mol. The molecule has 1 aromatic heterocycles. The van der Waals surface area contributed by atoms with Gasteiger partial charge in [-0.3, -0.25) is 4.90 Å². The lowest BCUT2D eigenvalue weighted by molar-refractivity contribution is 0.313. The molecule has 0 amide bonds. The number of likely N-dealkylation sites (tertiary alicyclic amines) is 1. The summed E-state index contributed by atoms with van der Waals surface area (Å²) in [6.45, 7) is 4.31. The Labute approximate surface area is 134 Å². The van der Waals surface area contributed by atoms with Crippen molar-refractivity contribution >= 4 is 34.2 Å². The lowest BCUT2D eigenvalue weighted by Crippen LogP contribution is -2.24. The highest BCUT2D eigenvalue weighted by Crippen LogP contribution is 2.37. The Kier molecular flexibility index (Phi) is 3.40. The number of fused-ring (bicyclic) bond motifs is 1. The van der Waals surface area contributed by atoms with E-state index in [2.05, 4.69) is 15.5 Å². The molecular formula is C16H19Cl2N3. The number of hydrogen-bond donors (Lipinski definition) is 0. The third-order valence-electron chi connectivity index (χ3n) is 4.66. The van der Waals surface area contributed by atoms with Crippen molar-refractivity contribution in [2.45, 2.75) is 43.6 Å². The molecule has 1 saturated carbocycles. The van der Waals surface area contributed by atoms with Crippen LogP contribution in [0, 0.1) is 0 Å². The van der Waals surface area contributed by atoms with Gasteiger partial charge in [0.05, 0.1) is 16.4 Å². The Morgan fingerprint density at radius 3 is 2.76 bits per heavy atom. The molecule has 2 aromatic rings. The Balaban J connectivity index is 1.76. The van der Waals surface area contributed by atoms with Crippen LogP contribution < -0.4 is 0 Å². The van der Waals surface area contributed by atoms with Crippen LogP contribution in [0.15, 0.2) is 18.2 Å². The molecule has 2 atom stereocenters. The van der Waals surface area contributed by atoms with E-state index < -0.39 is 0 Å². The number of halogens is 2. The number of nitrogens with zero attached hydrogens (tertiary/aromatic N) is 3. The third-order valence-corrected chi connectivity index (χ3v) is 5.09. The van der Waals surface area contributed by atoms with Crippen molar-refractivity contribution in [1.82, 2.24) is 14.5 Å². The van der Waals surface area contributed by atoms with Crippen molar-refractivity contribution in [3.05, 3.63) is 29.0 Å². The minimum Gasteiger partial charge on any atom is -0.322 e. The van der Waals surface area contributed by atoms with Crippen molar-refractivity contribution in [2.24, 2.45) is 0 Å². The average molecular weight is 324 g/mol. The van der Waals surface area contributed by atoms with Gasteiger partial charge in [0, 0.05) is 30.2 Å². The first kappa shape index (κ1) is 13.9. The van der Waals surface area contributed by atoms with E-state index in [1.807, 2.05) is 19.1 Å². The Bertz CT molecular complexity index is 675. The molecule has 3 nitrogen and oxygen atoms in total. The minimum atomic E-state index is -0.0915. The van der Waals surface area contributed by atoms with Crippen molar-refractivity contribution in [2.75, 3.05) is 13.1 Å². The van der Waals surface area contributed by atoms with Gasteiger partial charge < -0.3 is 4.57 Å². The summed E-state index contributed by atoms with van der Waals surface area (Å²) in [5.74, 6) is 0.969. The SMILES string of the molecule is CC(Cl)c1nc2cc(Cl)ccc2n1C1CCN(C2CC2)C1. The summed E-state index contributed by atoms with van der Waals surface area (Å²) < 4.78 is 2.35. The van der Waals surface area contributed by atoms with Crippen LogP contribution in [0.5, 0.6) is 0 Å². The quantitative estimate of drug-likeness (QED) is 0.780. The minimum absolute atomic E-state index is 0.0915. The van der Waals surface area contributed by atoms with Gasteiger partial charge in [-0.2, -0.15) is 0 Å². The van der Waals surface area contributed by atoms with Gasteiger partial charge in [0.15, 0.2) is 0 Å². The summed E-state index contributed by atoms with van der Waals surface area (Å²) in [7, 11) is 0. The maximum absolute atomic E-state index is 6.38. The van der Waals surface area contributed by atoms with Crippen LogP contribution in [0.1, 0.15) is 43.4 Å². The summed E-state index contributed by atoms with van der Waals surface area (Å²) in [6.07, 6.45) is 3.92. The molecule has 112 valence electrons. The number of benzene rings is 1. The van der Waals surface area contributed by atoms with E-state index in [0.29, 0.717) is 6.04 Å². The zero-order valence-corrected chi connectivity index (χ0v) is 13.6. The molecule has 2 fully saturated rings. The van der Waals surface area contributed by atoms with Crippen molar-refractivity contribution < 1.29 is 0 Å². The van der Waals surface area contributed by atoms with E-state index in [1.165, 1.54) is 25.8 Å². The molecule has 1 aromatic carbocycles. The van der Waals surface area contributed by atoms with Crippen LogP contribution in [-0.2, 0) is 0 Å². The molecule has 21 heavy (non-hydrogen) atoms. The molecule has 2 heterocycles. The number of hydrogen-bond acceptors (Lipinski definition) is 2. The molecule has 0 radical (unpaired) electrons. The maximum atomic E-state index is 6.38. The second-order valence-corrected chi connectivity index (χ2v) is 7.35. The molecule has 4 rings (SSSR count). The van der Waals surface area contributed by atoms with E-state index in [-0.39, 0.29) is 5.38 Å². The van der Waals surface area contributed by atoms with E-state index in [0.717, 1.165) is 34.5 Å². The highest BCUT2D eigenvalue weighted by atomic mass is 35.5. The second kappa shape index (κ2) is 5.15. The standard InChI is InChI=1S/C16H19Cl2N3/c1-10(17)16-19-14-8-11(18)2-5-15(14)21(16)13-6-7-20(9-13)12-3-4-12/h2,5,8,10,12-13H,3-4,6-7,9H2,1H3. The molecule has 0 spiro atoms. The predicted octanol–water partition coefficient (Wildman–Crippen LogP) is 4.40. The molecule has 1 aliphatic heterocycles. The third kappa shape index (κ3) is 2.45. The molecule has 0 N–H and O–H groups in total. The Hall–Kier alpha value is -0.770. The number of alkyl halides is 1. The van der Waals surface area contributed by atoms with E-state index in [9.17, 15) is 0 Å². The fourth-order valence-corrected chi connectivity index (χ4v) is 3.83. The Morgan fingerprint density at radius 1 is 1.24 bits per heavy atom. The monoisotopic (exact) mass is 323 g/mol. The summed E-state index contributed by atoms with van der Waals surface area (Å²) in [5.41, 5.74) is 2.11. The topological polar surface area (TPSA) is 21.1 Å². The molecule has 5 heteroatoms. The second-order valence-electron chi connectivity index (χ2n) is 6.26. The van der Waals surface area contributed by atoms with Crippen LogP contribution >= 0.6 is 23.2 Å². The van der Waals surface area contributed by atoms with Crippen LogP contribution in [0.2, 0.25) is 5.02 Å². The summed E-state index contributed by atoms with van der Waals surface area (Å²) in [6, 6.07) is 7.26. The highest BCUT2D eigenvalue weighted by molar-refractivity contribution is 6.31. The smallest absolute Gasteiger partial charge is 0.128 e.